The molecular formula is C15H11BrN2O2. The molecule has 3 rings (SSSR count). The van der Waals surface area contributed by atoms with Crippen LogP contribution in [0.15, 0.2) is 40.9 Å². The lowest BCUT2D eigenvalue weighted by Crippen LogP contribution is -2.04. The fraction of sp³-hybridized carbons (Fsp3) is 0.0667. The molecule has 2 aromatic carbocycles. The fourth-order valence-electron chi connectivity index (χ4n) is 2.25. The van der Waals surface area contributed by atoms with Crippen LogP contribution in [0.25, 0.3) is 0 Å². The molecular weight excluding hydrogens is 320 g/mol. The van der Waals surface area contributed by atoms with E-state index in [-0.39, 0.29) is 11.7 Å². The van der Waals surface area contributed by atoms with E-state index in [1.807, 2.05) is 0 Å². The smallest absolute Gasteiger partial charge is 0.228 e. The first-order chi connectivity index (χ1) is 9.56. The number of nitrogens with two attached hydrogens (primary N) is 1. The van der Waals surface area contributed by atoms with Crippen LogP contribution in [0.4, 0.5) is 11.4 Å². The van der Waals surface area contributed by atoms with Gasteiger partial charge in [-0.05, 0) is 51.8 Å². The topological polar surface area (TPSA) is 72.2 Å². The zero-order valence-corrected chi connectivity index (χ0v) is 12.0. The van der Waals surface area contributed by atoms with Gasteiger partial charge in [-0.2, -0.15) is 0 Å². The highest BCUT2D eigenvalue weighted by Crippen LogP contribution is 2.28. The third-order valence-corrected chi connectivity index (χ3v) is 4.15. The van der Waals surface area contributed by atoms with E-state index in [0.29, 0.717) is 27.7 Å². The summed E-state index contributed by atoms with van der Waals surface area (Å²) >= 11 is 3.34. The number of hydrogen-bond donors (Lipinski definition) is 2. The number of rotatable bonds is 2. The van der Waals surface area contributed by atoms with Crippen LogP contribution in [0.3, 0.4) is 0 Å². The maximum atomic E-state index is 12.5. The Morgan fingerprint density at radius 3 is 2.85 bits per heavy atom. The van der Waals surface area contributed by atoms with E-state index in [1.165, 1.54) is 0 Å². The van der Waals surface area contributed by atoms with Crippen molar-refractivity contribution in [3.63, 3.8) is 0 Å². The highest BCUT2D eigenvalue weighted by molar-refractivity contribution is 9.10. The lowest BCUT2D eigenvalue weighted by atomic mass is 10.00. The molecule has 0 unspecified atom stereocenters. The van der Waals surface area contributed by atoms with E-state index < -0.39 is 0 Å². The van der Waals surface area contributed by atoms with Crippen molar-refractivity contribution in [2.75, 3.05) is 11.1 Å². The fourth-order valence-corrected chi connectivity index (χ4v) is 2.70. The Morgan fingerprint density at radius 2 is 2.05 bits per heavy atom. The zero-order valence-electron chi connectivity index (χ0n) is 10.4. The molecule has 5 heteroatoms. The summed E-state index contributed by atoms with van der Waals surface area (Å²) in [6.45, 7) is 0. The number of fused-ring (bicyclic) bond motifs is 1. The van der Waals surface area contributed by atoms with Crippen molar-refractivity contribution < 1.29 is 9.59 Å². The summed E-state index contributed by atoms with van der Waals surface area (Å²) in [6, 6.07) is 10.4. The van der Waals surface area contributed by atoms with Gasteiger partial charge in [-0.25, -0.2) is 0 Å². The SMILES string of the molecule is Nc1cccc(C(=O)c2ccc3c(c2)CC(=O)N3)c1Br. The number of nitrogens with one attached hydrogen (secondary N) is 1. The molecule has 0 bridgehead atoms. The summed E-state index contributed by atoms with van der Waals surface area (Å²) in [6.07, 6.45) is 0.314. The van der Waals surface area contributed by atoms with Gasteiger partial charge in [0.2, 0.25) is 5.91 Å². The lowest BCUT2D eigenvalue weighted by Gasteiger charge is -2.07. The Balaban J connectivity index is 2.02. The monoisotopic (exact) mass is 330 g/mol. The highest BCUT2D eigenvalue weighted by atomic mass is 79.9. The van der Waals surface area contributed by atoms with Crippen molar-refractivity contribution in [2.24, 2.45) is 0 Å². The summed E-state index contributed by atoms with van der Waals surface area (Å²) < 4.78 is 0.597. The molecule has 4 nitrogen and oxygen atoms in total. The minimum Gasteiger partial charge on any atom is -0.398 e. The Labute approximate surface area is 124 Å². The van der Waals surface area contributed by atoms with Crippen molar-refractivity contribution in [3.05, 3.63) is 57.6 Å². The van der Waals surface area contributed by atoms with Crippen LogP contribution in [0.2, 0.25) is 0 Å². The molecule has 1 aliphatic heterocycles. The number of hydrogen-bond acceptors (Lipinski definition) is 3. The number of ketones is 1. The predicted molar refractivity (Wildman–Crippen MR) is 80.8 cm³/mol. The second kappa shape index (κ2) is 4.76. The number of amides is 1. The third kappa shape index (κ3) is 2.10. The molecule has 0 radical (unpaired) electrons. The Kier molecular flexibility index (Phi) is 3.06. The van der Waals surface area contributed by atoms with E-state index in [1.54, 1.807) is 36.4 Å². The average molecular weight is 331 g/mol. The third-order valence-electron chi connectivity index (χ3n) is 3.27. The molecule has 2 aromatic rings. The molecule has 1 heterocycles. The van der Waals surface area contributed by atoms with Crippen LogP contribution in [0.1, 0.15) is 21.5 Å². The zero-order chi connectivity index (χ0) is 14.3. The Hall–Kier alpha value is -2.14. The van der Waals surface area contributed by atoms with Crippen LogP contribution >= 0.6 is 15.9 Å². The molecule has 0 saturated carbocycles. The minimum absolute atomic E-state index is 0.0465. The van der Waals surface area contributed by atoms with Crippen molar-refractivity contribution in [2.45, 2.75) is 6.42 Å². The highest BCUT2D eigenvalue weighted by Gasteiger charge is 2.20. The molecule has 0 saturated heterocycles. The van der Waals surface area contributed by atoms with Crippen LogP contribution < -0.4 is 11.1 Å². The number of halogens is 1. The molecule has 100 valence electrons. The van der Waals surface area contributed by atoms with Gasteiger partial charge in [0.25, 0.3) is 0 Å². The van der Waals surface area contributed by atoms with Crippen molar-refractivity contribution in [1.82, 2.24) is 0 Å². The van der Waals surface area contributed by atoms with Gasteiger partial charge < -0.3 is 11.1 Å². The first-order valence-electron chi connectivity index (χ1n) is 6.08. The average Bonchev–Trinajstić information content (AvgIpc) is 2.80. The molecule has 0 aromatic heterocycles. The van der Waals surface area contributed by atoms with Crippen molar-refractivity contribution >= 4 is 39.0 Å². The predicted octanol–water partition coefficient (Wildman–Crippen LogP) is 2.76. The molecule has 0 fully saturated rings. The number of carbonyl (C=O) groups excluding carboxylic acids is 2. The summed E-state index contributed by atoms with van der Waals surface area (Å²) in [5, 5.41) is 2.74. The van der Waals surface area contributed by atoms with Gasteiger partial charge >= 0.3 is 0 Å². The standard InChI is InChI=1S/C15H11BrN2O2/c16-14-10(2-1-3-11(14)17)15(20)8-4-5-12-9(6-8)7-13(19)18-12/h1-6H,7,17H2,(H,18,19). The van der Waals surface area contributed by atoms with Crippen LogP contribution in [0, 0.1) is 0 Å². The quantitative estimate of drug-likeness (QED) is 0.657. The van der Waals surface area contributed by atoms with Gasteiger partial charge in [-0.3, -0.25) is 9.59 Å². The van der Waals surface area contributed by atoms with Gasteiger partial charge in [0.15, 0.2) is 5.78 Å². The first-order valence-corrected chi connectivity index (χ1v) is 6.87. The normalized spacial score (nSPS) is 12.9. The molecule has 0 aliphatic carbocycles. The number of nitrogen functional groups attached to an aromatic ring is 1. The van der Waals surface area contributed by atoms with Crippen LogP contribution in [0.5, 0.6) is 0 Å². The van der Waals surface area contributed by atoms with Gasteiger partial charge in [-0.1, -0.05) is 6.07 Å². The summed E-state index contributed by atoms with van der Waals surface area (Å²) in [4.78, 5) is 23.8. The molecule has 3 N–H and O–H groups in total. The van der Waals surface area contributed by atoms with Crippen molar-refractivity contribution in [3.8, 4) is 0 Å². The van der Waals surface area contributed by atoms with E-state index in [9.17, 15) is 9.59 Å². The summed E-state index contributed by atoms with van der Waals surface area (Å²) in [5.41, 5.74) is 9.00. The maximum absolute atomic E-state index is 12.5. The molecule has 0 spiro atoms. The van der Waals surface area contributed by atoms with E-state index >= 15 is 0 Å². The van der Waals surface area contributed by atoms with Gasteiger partial charge in [0.05, 0.1) is 10.9 Å². The van der Waals surface area contributed by atoms with Crippen LogP contribution in [-0.2, 0) is 11.2 Å². The van der Waals surface area contributed by atoms with E-state index in [0.717, 1.165) is 11.3 Å². The van der Waals surface area contributed by atoms with Crippen LogP contribution in [-0.4, -0.2) is 11.7 Å². The van der Waals surface area contributed by atoms with Gasteiger partial charge in [0.1, 0.15) is 0 Å². The molecule has 1 aliphatic rings. The van der Waals surface area contributed by atoms with Gasteiger partial charge in [-0.15, -0.1) is 0 Å². The summed E-state index contributed by atoms with van der Waals surface area (Å²) in [5.74, 6) is -0.166. The Morgan fingerprint density at radius 1 is 1.25 bits per heavy atom. The lowest BCUT2D eigenvalue weighted by molar-refractivity contribution is -0.115. The Bertz CT molecular complexity index is 741. The number of carbonyl (C=O) groups is 2. The van der Waals surface area contributed by atoms with E-state index in [2.05, 4.69) is 21.2 Å². The second-order valence-corrected chi connectivity index (χ2v) is 5.43. The number of benzene rings is 2. The molecule has 20 heavy (non-hydrogen) atoms. The first kappa shape index (κ1) is 12.9. The largest absolute Gasteiger partial charge is 0.398 e. The summed E-state index contributed by atoms with van der Waals surface area (Å²) in [7, 11) is 0. The van der Waals surface area contributed by atoms with Gasteiger partial charge in [0, 0.05) is 22.5 Å². The second-order valence-electron chi connectivity index (χ2n) is 4.63. The number of anilines is 2. The maximum Gasteiger partial charge on any atom is 0.228 e. The molecule has 1 amide bonds. The van der Waals surface area contributed by atoms with Crippen molar-refractivity contribution in [1.29, 1.82) is 0 Å². The minimum atomic E-state index is -0.119. The molecule has 0 atom stereocenters. The van der Waals surface area contributed by atoms with E-state index in [4.69, 9.17) is 5.73 Å².